The molecule has 0 unspecified atom stereocenters. The summed E-state index contributed by atoms with van der Waals surface area (Å²) in [5, 5.41) is 16.0. The Bertz CT molecular complexity index is 832. The molecule has 7 nitrogen and oxygen atoms in total. The predicted octanol–water partition coefficient (Wildman–Crippen LogP) is 2.62. The Morgan fingerprint density at radius 1 is 1.15 bits per heavy atom. The van der Waals surface area contributed by atoms with Crippen LogP contribution in [0, 0.1) is 17.5 Å². The van der Waals surface area contributed by atoms with Gasteiger partial charge in [0.2, 0.25) is 16.9 Å². The minimum absolute atomic E-state index is 0.00310. The van der Waals surface area contributed by atoms with Crippen molar-refractivity contribution in [3.05, 3.63) is 29.6 Å². The molecule has 2 amide bonds. The molecule has 27 heavy (non-hydrogen) atoms. The number of nitrogens with zero attached hydrogens (tertiary/aromatic N) is 2. The fourth-order valence-corrected chi connectivity index (χ4v) is 3.48. The second-order valence-electron chi connectivity index (χ2n) is 5.51. The van der Waals surface area contributed by atoms with Crippen molar-refractivity contribution in [3.63, 3.8) is 0 Å². The molecule has 0 atom stereocenters. The summed E-state index contributed by atoms with van der Waals surface area (Å²) in [4.78, 5) is 23.5. The Labute approximate surface area is 161 Å². The molecule has 0 fully saturated rings. The second-order valence-corrected chi connectivity index (χ2v) is 7.71. The van der Waals surface area contributed by atoms with E-state index in [1.54, 1.807) is 0 Å². The highest BCUT2D eigenvalue weighted by molar-refractivity contribution is 8.01. The molecule has 1 aromatic carbocycles. The van der Waals surface area contributed by atoms with Crippen molar-refractivity contribution in [2.24, 2.45) is 0 Å². The first-order valence-electron chi connectivity index (χ1n) is 7.69. The summed E-state index contributed by atoms with van der Waals surface area (Å²) in [6, 6.07) is 1.78. The Hall–Kier alpha value is -2.34. The van der Waals surface area contributed by atoms with Crippen molar-refractivity contribution in [2.75, 3.05) is 22.9 Å². The summed E-state index contributed by atoms with van der Waals surface area (Å²) in [5.74, 6) is -5.78. The van der Waals surface area contributed by atoms with Gasteiger partial charge in [-0.25, -0.2) is 13.2 Å². The number of nitrogens with one attached hydrogen (secondary N) is 3. The van der Waals surface area contributed by atoms with E-state index in [9.17, 15) is 22.8 Å². The van der Waals surface area contributed by atoms with Gasteiger partial charge in [0, 0.05) is 6.04 Å². The summed E-state index contributed by atoms with van der Waals surface area (Å²) in [7, 11) is 0. The van der Waals surface area contributed by atoms with E-state index in [1.807, 2.05) is 13.8 Å². The molecule has 0 radical (unpaired) electrons. The number of amides is 2. The SMILES string of the molecule is CC(C)Nc1nnc(SCC(=O)NCC(=O)Nc2ccc(F)c(F)c2F)s1. The summed E-state index contributed by atoms with van der Waals surface area (Å²) in [6.07, 6.45) is 0. The van der Waals surface area contributed by atoms with Gasteiger partial charge in [0.05, 0.1) is 18.0 Å². The predicted molar refractivity (Wildman–Crippen MR) is 97.3 cm³/mol. The number of hydrogen-bond donors (Lipinski definition) is 3. The Balaban J connectivity index is 1.76. The Kier molecular flexibility index (Phi) is 7.42. The van der Waals surface area contributed by atoms with Crippen LogP contribution in [0.5, 0.6) is 0 Å². The third kappa shape index (κ3) is 6.40. The van der Waals surface area contributed by atoms with Crippen molar-refractivity contribution >= 4 is 45.7 Å². The molecule has 0 saturated carbocycles. The van der Waals surface area contributed by atoms with E-state index in [0.29, 0.717) is 15.5 Å². The molecular formula is C15H16F3N5O2S2. The molecule has 0 aliphatic carbocycles. The number of carbonyl (C=O) groups excluding carboxylic acids is 2. The van der Waals surface area contributed by atoms with Crippen LogP contribution in [0.4, 0.5) is 24.0 Å². The molecule has 0 aliphatic heterocycles. The van der Waals surface area contributed by atoms with Gasteiger partial charge in [-0.15, -0.1) is 10.2 Å². The maximum atomic E-state index is 13.5. The number of thioether (sulfide) groups is 1. The lowest BCUT2D eigenvalue weighted by Crippen LogP contribution is -2.34. The van der Waals surface area contributed by atoms with E-state index >= 15 is 0 Å². The first kappa shape index (κ1) is 21.0. The third-order valence-corrected chi connectivity index (χ3v) is 4.89. The van der Waals surface area contributed by atoms with E-state index in [4.69, 9.17) is 0 Å². The van der Waals surface area contributed by atoms with Gasteiger partial charge in [-0.1, -0.05) is 23.1 Å². The van der Waals surface area contributed by atoms with E-state index in [-0.39, 0.29) is 11.8 Å². The standard InChI is InChI=1S/C15H16F3N5O2S2/c1-7(2)20-14-22-23-15(27-14)26-6-11(25)19-5-10(24)21-9-4-3-8(16)12(17)13(9)18/h3-4,7H,5-6H2,1-2H3,(H,19,25)(H,20,22)(H,21,24). The van der Waals surface area contributed by atoms with Gasteiger partial charge in [-0.3, -0.25) is 9.59 Å². The molecule has 1 heterocycles. The third-order valence-electron chi connectivity index (χ3n) is 2.90. The quantitative estimate of drug-likeness (QED) is 0.450. The molecule has 146 valence electrons. The number of benzene rings is 1. The monoisotopic (exact) mass is 419 g/mol. The maximum absolute atomic E-state index is 13.5. The molecular weight excluding hydrogens is 403 g/mol. The number of hydrogen-bond acceptors (Lipinski definition) is 7. The lowest BCUT2D eigenvalue weighted by Gasteiger charge is -2.08. The molecule has 0 aliphatic rings. The molecule has 0 bridgehead atoms. The van der Waals surface area contributed by atoms with Gasteiger partial charge < -0.3 is 16.0 Å². The number of anilines is 2. The molecule has 2 rings (SSSR count). The van der Waals surface area contributed by atoms with Crippen LogP contribution in [0.15, 0.2) is 16.5 Å². The van der Waals surface area contributed by atoms with Crippen LogP contribution >= 0.6 is 23.1 Å². The number of aromatic nitrogens is 2. The molecule has 0 spiro atoms. The molecule has 1 aromatic heterocycles. The zero-order valence-corrected chi connectivity index (χ0v) is 15.9. The Morgan fingerprint density at radius 3 is 2.59 bits per heavy atom. The van der Waals surface area contributed by atoms with Crippen LogP contribution in [0.25, 0.3) is 0 Å². The van der Waals surface area contributed by atoms with Crippen LogP contribution in [-0.2, 0) is 9.59 Å². The fraction of sp³-hybridized carbons (Fsp3) is 0.333. The lowest BCUT2D eigenvalue weighted by atomic mass is 10.2. The highest BCUT2D eigenvalue weighted by Gasteiger charge is 2.16. The van der Waals surface area contributed by atoms with Crippen molar-refractivity contribution in [2.45, 2.75) is 24.2 Å². The maximum Gasteiger partial charge on any atom is 0.243 e. The van der Waals surface area contributed by atoms with Crippen LogP contribution in [-0.4, -0.2) is 40.4 Å². The summed E-state index contributed by atoms with van der Waals surface area (Å²) in [5.41, 5.74) is -0.512. The molecule has 2 aromatic rings. The van der Waals surface area contributed by atoms with Gasteiger partial charge in [0.15, 0.2) is 21.8 Å². The van der Waals surface area contributed by atoms with E-state index in [0.717, 1.165) is 17.8 Å². The largest absolute Gasteiger partial charge is 0.358 e. The van der Waals surface area contributed by atoms with Gasteiger partial charge in [-0.2, -0.15) is 0 Å². The van der Waals surface area contributed by atoms with Crippen LogP contribution in [0.3, 0.4) is 0 Å². The summed E-state index contributed by atoms with van der Waals surface area (Å²) in [6.45, 7) is 3.46. The first-order chi connectivity index (χ1) is 12.8. The van der Waals surface area contributed by atoms with E-state index in [2.05, 4.69) is 26.1 Å². The van der Waals surface area contributed by atoms with Crippen LogP contribution in [0.1, 0.15) is 13.8 Å². The number of rotatable bonds is 8. The highest BCUT2D eigenvalue weighted by atomic mass is 32.2. The van der Waals surface area contributed by atoms with Crippen molar-refractivity contribution in [1.29, 1.82) is 0 Å². The smallest absolute Gasteiger partial charge is 0.243 e. The molecule has 12 heteroatoms. The average molecular weight is 419 g/mol. The highest BCUT2D eigenvalue weighted by Crippen LogP contribution is 2.25. The van der Waals surface area contributed by atoms with Gasteiger partial charge in [0.1, 0.15) is 0 Å². The van der Waals surface area contributed by atoms with E-state index < -0.39 is 41.5 Å². The minimum atomic E-state index is -1.68. The lowest BCUT2D eigenvalue weighted by molar-refractivity contribution is -0.122. The summed E-state index contributed by atoms with van der Waals surface area (Å²) < 4.78 is 40.0. The van der Waals surface area contributed by atoms with Crippen molar-refractivity contribution in [3.8, 4) is 0 Å². The fourth-order valence-electron chi connectivity index (χ4n) is 1.75. The second kappa shape index (κ2) is 9.55. The summed E-state index contributed by atoms with van der Waals surface area (Å²) >= 11 is 2.44. The van der Waals surface area contributed by atoms with Crippen molar-refractivity contribution < 1.29 is 22.8 Å². The average Bonchev–Trinajstić information content (AvgIpc) is 3.05. The number of halogens is 3. The van der Waals surface area contributed by atoms with E-state index in [1.165, 1.54) is 11.3 Å². The number of carbonyl (C=O) groups is 2. The Morgan fingerprint density at radius 2 is 1.89 bits per heavy atom. The molecule has 0 saturated heterocycles. The normalized spacial score (nSPS) is 10.7. The van der Waals surface area contributed by atoms with Gasteiger partial charge in [-0.05, 0) is 26.0 Å². The zero-order valence-electron chi connectivity index (χ0n) is 14.3. The van der Waals surface area contributed by atoms with Gasteiger partial charge >= 0.3 is 0 Å². The zero-order chi connectivity index (χ0) is 20.0. The van der Waals surface area contributed by atoms with Crippen LogP contribution in [0.2, 0.25) is 0 Å². The van der Waals surface area contributed by atoms with Gasteiger partial charge in [0.25, 0.3) is 0 Å². The minimum Gasteiger partial charge on any atom is -0.358 e. The molecule has 3 N–H and O–H groups in total. The van der Waals surface area contributed by atoms with Crippen molar-refractivity contribution in [1.82, 2.24) is 15.5 Å². The van der Waals surface area contributed by atoms with Crippen LogP contribution < -0.4 is 16.0 Å². The first-order valence-corrected chi connectivity index (χ1v) is 9.49. The topological polar surface area (TPSA) is 96.0 Å².